The van der Waals surface area contributed by atoms with Crippen molar-refractivity contribution < 1.29 is 13.5 Å². The van der Waals surface area contributed by atoms with E-state index in [0.29, 0.717) is 31.0 Å². The molecule has 0 spiro atoms. The Labute approximate surface area is 166 Å². The molecule has 1 aliphatic rings. The molecule has 2 aromatic heterocycles. The number of nitrogens with zero attached hydrogens (tertiary/aromatic N) is 5. The summed E-state index contributed by atoms with van der Waals surface area (Å²) < 4.78 is 32.8. The maximum absolute atomic E-state index is 13.9. The molecule has 0 N–H and O–H groups in total. The Morgan fingerprint density at radius 3 is 2.79 bits per heavy atom. The Hall–Kier alpha value is -3.60. The minimum Gasteiger partial charge on any atom is -0.453 e. The second kappa shape index (κ2) is 7.43. The van der Waals surface area contributed by atoms with Gasteiger partial charge in [0, 0.05) is 25.2 Å². The van der Waals surface area contributed by atoms with E-state index in [1.165, 1.54) is 18.3 Å². The number of anilines is 1. The van der Waals surface area contributed by atoms with Gasteiger partial charge in [-0.1, -0.05) is 6.07 Å². The van der Waals surface area contributed by atoms with Crippen molar-refractivity contribution in [1.82, 2.24) is 15.2 Å². The first-order valence-corrected chi connectivity index (χ1v) is 9.06. The summed E-state index contributed by atoms with van der Waals surface area (Å²) in [5, 5.41) is 17.4. The molecule has 0 saturated carbocycles. The molecule has 0 aliphatic carbocycles. The van der Waals surface area contributed by atoms with Gasteiger partial charge in [-0.3, -0.25) is 4.98 Å². The summed E-state index contributed by atoms with van der Waals surface area (Å²) in [7, 11) is 0. The number of aromatic nitrogens is 3. The summed E-state index contributed by atoms with van der Waals surface area (Å²) in [6, 6.07) is 7.61. The van der Waals surface area contributed by atoms with Gasteiger partial charge in [0.2, 0.25) is 5.82 Å². The predicted molar refractivity (Wildman–Crippen MR) is 102 cm³/mol. The molecule has 1 aromatic carbocycles. The highest BCUT2D eigenvalue weighted by Crippen LogP contribution is 2.30. The molecule has 4 rings (SSSR count). The van der Waals surface area contributed by atoms with Gasteiger partial charge in [0.05, 0.1) is 6.20 Å². The van der Waals surface area contributed by atoms with Crippen LogP contribution in [0.25, 0.3) is 0 Å². The maximum atomic E-state index is 13.9. The number of halogens is 2. The van der Waals surface area contributed by atoms with Crippen molar-refractivity contribution in [2.24, 2.45) is 0 Å². The largest absolute Gasteiger partial charge is 0.453 e. The number of hydrogen-bond acceptors (Lipinski definition) is 6. The van der Waals surface area contributed by atoms with E-state index >= 15 is 0 Å². The van der Waals surface area contributed by atoms with Crippen LogP contribution >= 0.6 is 0 Å². The molecule has 0 unspecified atom stereocenters. The number of ether oxygens (including phenoxy) is 1. The summed E-state index contributed by atoms with van der Waals surface area (Å²) in [5.41, 5.74) is 3.86. The first-order chi connectivity index (χ1) is 14.0. The zero-order valence-electron chi connectivity index (χ0n) is 15.9. The van der Waals surface area contributed by atoms with Crippen molar-refractivity contribution in [3.05, 3.63) is 70.2 Å². The van der Waals surface area contributed by atoms with E-state index < -0.39 is 11.6 Å². The van der Waals surface area contributed by atoms with Crippen LogP contribution in [0.1, 0.15) is 28.1 Å². The normalized spacial score (nSPS) is 13.0. The molecule has 0 amide bonds. The van der Waals surface area contributed by atoms with Gasteiger partial charge < -0.3 is 9.64 Å². The number of rotatable bonds is 3. The number of nitriles is 1. The van der Waals surface area contributed by atoms with Gasteiger partial charge in [-0.25, -0.2) is 4.39 Å². The summed E-state index contributed by atoms with van der Waals surface area (Å²) in [6.07, 6.45) is 2.21. The molecule has 0 saturated heterocycles. The molecule has 0 radical (unpaired) electrons. The van der Waals surface area contributed by atoms with Crippen LogP contribution in [-0.4, -0.2) is 21.7 Å². The van der Waals surface area contributed by atoms with E-state index in [2.05, 4.69) is 20.1 Å². The van der Waals surface area contributed by atoms with Gasteiger partial charge in [0.25, 0.3) is 0 Å². The highest BCUT2D eigenvalue weighted by atomic mass is 19.2. The predicted octanol–water partition coefficient (Wildman–Crippen LogP) is 3.99. The van der Waals surface area contributed by atoms with E-state index in [9.17, 15) is 8.78 Å². The van der Waals surface area contributed by atoms with Crippen molar-refractivity contribution in [3.8, 4) is 17.6 Å². The van der Waals surface area contributed by atoms with Crippen molar-refractivity contribution in [2.45, 2.75) is 26.8 Å². The summed E-state index contributed by atoms with van der Waals surface area (Å²) in [6.45, 7) is 5.00. The molecular formula is C21H17F2N5O. The SMILES string of the molecule is Cc1c(C#N)nnc(N2CCc3ncc(Oc4cccc(F)c4F)cc3C2)c1C. The summed E-state index contributed by atoms with van der Waals surface area (Å²) in [5.74, 6) is -1.15. The zero-order valence-corrected chi connectivity index (χ0v) is 15.9. The third-order valence-electron chi connectivity index (χ3n) is 5.06. The Kier molecular flexibility index (Phi) is 4.80. The van der Waals surface area contributed by atoms with Crippen LogP contribution in [0.4, 0.5) is 14.6 Å². The fourth-order valence-electron chi connectivity index (χ4n) is 3.33. The Morgan fingerprint density at radius 1 is 1.17 bits per heavy atom. The topological polar surface area (TPSA) is 74.9 Å². The van der Waals surface area contributed by atoms with Crippen molar-refractivity contribution in [3.63, 3.8) is 0 Å². The molecule has 0 atom stereocenters. The number of hydrogen-bond donors (Lipinski definition) is 0. The van der Waals surface area contributed by atoms with Crippen LogP contribution < -0.4 is 9.64 Å². The molecule has 0 bridgehead atoms. The van der Waals surface area contributed by atoms with Crippen LogP contribution in [0, 0.1) is 36.8 Å². The van der Waals surface area contributed by atoms with E-state index in [4.69, 9.17) is 10.00 Å². The molecule has 3 heterocycles. The van der Waals surface area contributed by atoms with E-state index in [1.807, 2.05) is 19.9 Å². The van der Waals surface area contributed by atoms with Crippen LogP contribution in [0.15, 0.2) is 30.5 Å². The lowest BCUT2D eigenvalue weighted by atomic mass is 10.0. The van der Waals surface area contributed by atoms with Gasteiger partial charge in [-0.2, -0.15) is 9.65 Å². The lowest BCUT2D eigenvalue weighted by molar-refractivity contribution is 0.414. The third kappa shape index (κ3) is 3.47. The molecule has 6 nitrogen and oxygen atoms in total. The molecule has 29 heavy (non-hydrogen) atoms. The quantitative estimate of drug-likeness (QED) is 0.670. The lowest BCUT2D eigenvalue weighted by Crippen LogP contribution is -2.32. The number of fused-ring (bicyclic) bond motifs is 1. The lowest BCUT2D eigenvalue weighted by Gasteiger charge is -2.30. The fourth-order valence-corrected chi connectivity index (χ4v) is 3.33. The van der Waals surface area contributed by atoms with E-state index in [-0.39, 0.29) is 5.75 Å². The first-order valence-electron chi connectivity index (χ1n) is 9.06. The molecular weight excluding hydrogens is 376 g/mol. The van der Waals surface area contributed by atoms with Crippen molar-refractivity contribution >= 4 is 5.82 Å². The Balaban J connectivity index is 1.61. The van der Waals surface area contributed by atoms with Gasteiger partial charge in [-0.05, 0) is 48.7 Å². The van der Waals surface area contributed by atoms with Gasteiger partial charge in [0.1, 0.15) is 11.8 Å². The van der Waals surface area contributed by atoms with Gasteiger partial charge in [-0.15, -0.1) is 10.2 Å². The summed E-state index contributed by atoms with van der Waals surface area (Å²) in [4.78, 5) is 6.48. The van der Waals surface area contributed by atoms with Crippen LogP contribution in [-0.2, 0) is 13.0 Å². The van der Waals surface area contributed by atoms with Crippen LogP contribution in [0.2, 0.25) is 0 Å². The average molecular weight is 393 g/mol. The van der Waals surface area contributed by atoms with Crippen molar-refractivity contribution in [1.29, 1.82) is 5.26 Å². The Morgan fingerprint density at radius 2 is 2.00 bits per heavy atom. The highest BCUT2D eigenvalue weighted by molar-refractivity contribution is 5.53. The average Bonchev–Trinajstić information content (AvgIpc) is 2.73. The zero-order chi connectivity index (χ0) is 20.5. The second-order valence-electron chi connectivity index (χ2n) is 6.84. The Bertz CT molecular complexity index is 1140. The third-order valence-corrected chi connectivity index (χ3v) is 5.06. The molecule has 3 aromatic rings. The minimum absolute atomic E-state index is 0.191. The van der Waals surface area contributed by atoms with E-state index in [1.54, 1.807) is 6.07 Å². The molecule has 1 aliphatic heterocycles. The first kappa shape index (κ1) is 18.7. The van der Waals surface area contributed by atoms with Crippen LogP contribution in [0.3, 0.4) is 0 Å². The monoisotopic (exact) mass is 393 g/mol. The van der Waals surface area contributed by atoms with Crippen molar-refractivity contribution in [2.75, 3.05) is 11.4 Å². The van der Waals surface area contributed by atoms with Gasteiger partial charge in [0.15, 0.2) is 23.1 Å². The molecule has 146 valence electrons. The number of benzene rings is 1. The highest BCUT2D eigenvalue weighted by Gasteiger charge is 2.23. The second-order valence-corrected chi connectivity index (χ2v) is 6.84. The molecule has 0 fully saturated rings. The smallest absolute Gasteiger partial charge is 0.201 e. The minimum atomic E-state index is -1.04. The summed E-state index contributed by atoms with van der Waals surface area (Å²) >= 11 is 0. The number of pyridine rings is 1. The van der Waals surface area contributed by atoms with E-state index in [0.717, 1.165) is 34.3 Å². The maximum Gasteiger partial charge on any atom is 0.201 e. The van der Waals surface area contributed by atoms with Crippen LogP contribution in [0.5, 0.6) is 11.5 Å². The fraction of sp³-hybridized carbons (Fsp3) is 0.238. The van der Waals surface area contributed by atoms with Gasteiger partial charge >= 0.3 is 0 Å². The molecule has 8 heteroatoms. The standard InChI is InChI=1S/C21H17F2N5O/c1-12-13(2)21(27-26-18(12)9-24)28-7-6-17-14(11-28)8-15(10-25-17)29-19-5-3-4-16(22)20(19)23/h3-5,8,10H,6-7,11H2,1-2H3.